The third-order valence-corrected chi connectivity index (χ3v) is 8.82. The quantitative estimate of drug-likeness (QED) is 0.194. The first-order valence-corrected chi connectivity index (χ1v) is 14.3. The van der Waals surface area contributed by atoms with Gasteiger partial charge in [0.25, 0.3) is 15.9 Å². The summed E-state index contributed by atoms with van der Waals surface area (Å²) in [6.07, 6.45) is 1.51. The molecular formula is C29H28Cl2N4O3S. The lowest BCUT2D eigenvalue weighted by atomic mass is 10.2. The maximum atomic E-state index is 13.5. The topological polar surface area (TPSA) is 83.8 Å². The van der Waals surface area contributed by atoms with Crippen LogP contribution in [0.2, 0.25) is 10.0 Å². The summed E-state index contributed by atoms with van der Waals surface area (Å²) in [7, 11) is -4.01. The van der Waals surface area contributed by atoms with Crippen LogP contribution in [0.5, 0.6) is 0 Å². The Morgan fingerprint density at radius 1 is 0.949 bits per heavy atom. The maximum Gasteiger partial charge on any atom is 0.264 e. The van der Waals surface area contributed by atoms with E-state index in [0.29, 0.717) is 15.7 Å². The molecule has 0 atom stereocenters. The molecule has 0 radical (unpaired) electrons. The number of carbonyl (C=O) groups is 1. The molecule has 1 aromatic heterocycles. The standard InChI is InChI=1S/C29H28Cl2N4O3S/c1-19-11-13-25(14-12-19)39(37,38)34(24-8-5-7-20(2)15-24)18-28(36)33-32-17-23-16-21(3)35(22(23)4)27-10-6-9-26(30)29(27)31/h5-17H,18H2,1-4H3,(H,33,36)/b32-17-. The van der Waals surface area contributed by atoms with Crippen LogP contribution < -0.4 is 9.73 Å². The summed E-state index contributed by atoms with van der Waals surface area (Å²) in [4.78, 5) is 13.0. The Labute approximate surface area is 238 Å². The number of hydrogen-bond donors (Lipinski definition) is 1. The predicted octanol–water partition coefficient (Wildman–Crippen LogP) is 6.36. The van der Waals surface area contributed by atoms with Gasteiger partial charge in [0.15, 0.2) is 0 Å². The van der Waals surface area contributed by atoms with Crippen molar-refractivity contribution in [2.24, 2.45) is 5.10 Å². The van der Waals surface area contributed by atoms with E-state index in [1.165, 1.54) is 18.3 Å². The molecule has 0 bridgehead atoms. The van der Waals surface area contributed by atoms with Crippen molar-refractivity contribution < 1.29 is 13.2 Å². The van der Waals surface area contributed by atoms with Gasteiger partial charge in [0.1, 0.15) is 6.54 Å². The number of anilines is 1. The Balaban J connectivity index is 1.57. The van der Waals surface area contributed by atoms with Crippen LogP contribution in [0.1, 0.15) is 28.1 Å². The monoisotopic (exact) mass is 582 g/mol. The average Bonchev–Trinajstić information content (AvgIpc) is 3.17. The SMILES string of the molecule is Cc1ccc(S(=O)(=O)N(CC(=O)N/N=C\c2cc(C)n(-c3cccc(Cl)c3Cl)c2C)c2cccc(C)c2)cc1. The highest BCUT2D eigenvalue weighted by Crippen LogP contribution is 2.31. The van der Waals surface area contributed by atoms with E-state index in [-0.39, 0.29) is 4.90 Å². The fraction of sp³-hybridized carbons (Fsp3) is 0.172. The van der Waals surface area contributed by atoms with Crippen LogP contribution in [-0.2, 0) is 14.8 Å². The highest BCUT2D eigenvalue weighted by molar-refractivity contribution is 7.92. The lowest BCUT2D eigenvalue weighted by Crippen LogP contribution is -2.39. The lowest BCUT2D eigenvalue weighted by Gasteiger charge is -2.24. The molecule has 0 aliphatic heterocycles. The molecule has 4 aromatic rings. The number of aromatic nitrogens is 1. The zero-order valence-corrected chi connectivity index (χ0v) is 24.3. The fourth-order valence-electron chi connectivity index (χ4n) is 4.23. The summed E-state index contributed by atoms with van der Waals surface area (Å²) in [5.74, 6) is -0.588. The van der Waals surface area contributed by atoms with Gasteiger partial charge in [-0.2, -0.15) is 5.10 Å². The molecule has 0 aliphatic rings. The van der Waals surface area contributed by atoms with Gasteiger partial charge in [-0.05, 0) is 75.7 Å². The molecule has 202 valence electrons. The Hall–Kier alpha value is -3.59. The molecule has 0 saturated carbocycles. The van der Waals surface area contributed by atoms with E-state index < -0.39 is 22.5 Å². The maximum absolute atomic E-state index is 13.5. The Kier molecular flexibility index (Phi) is 8.49. The third-order valence-electron chi connectivity index (χ3n) is 6.22. The summed E-state index contributed by atoms with van der Waals surface area (Å²) in [6, 6.07) is 20.8. The van der Waals surface area contributed by atoms with Crippen molar-refractivity contribution in [2.75, 3.05) is 10.8 Å². The number of amides is 1. The molecule has 1 N–H and O–H groups in total. The number of rotatable bonds is 8. The number of nitrogens with zero attached hydrogens (tertiary/aromatic N) is 3. The summed E-state index contributed by atoms with van der Waals surface area (Å²) < 4.78 is 30.1. The number of sulfonamides is 1. The van der Waals surface area contributed by atoms with Gasteiger partial charge < -0.3 is 4.57 Å². The van der Waals surface area contributed by atoms with Crippen molar-refractivity contribution in [3.05, 3.63) is 111 Å². The number of benzene rings is 3. The van der Waals surface area contributed by atoms with Crippen LogP contribution in [0.25, 0.3) is 5.69 Å². The van der Waals surface area contributed by atoms with Crippen LogP contribution in [-0.4, -0.2) is 31.7 Å². The van der Waals surface area contributed by atoms with Gasteiger partial charge in [0.2, 0.25) is 0 Å². The number of hydrogen-bond acceptors (Lipinski definition) is 4. The van der Waals surface area contributed by atoms with Gasteiger partial charge >= 0.3 is 0 Å². The second kappa shape index (κ2) is 11.7. The first-order valence-electron chi connectivity index (χ1n) is 12.1. The van der Waals surface area contributed by atoms with Gasteiger partial charge in [-0.15, -0.1) is 0 Å². The molecule has 4 rings (SSSR count). The Morgan fingerprint density at radius 3 is 2.33 bits per heavy atom. The van der Waals surface area contributed by atoms with Crippen molar-refractivity contribution in [1.82, 2.24) is 9.99 Å². The molecule has 0 spiro atoms. The van der Waals surface area contributed by atoms with E-state index in [0.717, 1.165) is 38.1 Å². The second-order valence-electron chi connectivity index (χ2n) is 9.19. The molecule has 0 fully saturated rings. The van der Waals surface area contributed by atoms with Gasteiger partial charge in [0.05, 0.1) is 32.5 Å². The van der Waals surface area contributed by atoms with Crippen LogP contribution in [0, 0.1) is 27.7 Å². The fourth-order valence-corrected chi connectivity index (χ4v) is 6.02. The van der Waals surface area contributed by atoms with Crippen molar-refractivity contribution in [1.29, 1.82) is 0 Å². The molecule has 10 heteroatoms. The van der Waals surface area contributed by atoms with E-state index >= 15 is 0 Å². The Bertz CT molecular complexity index is 1660. The van der Waals surface area contributed by atoms with Crippen LogP contribution in [0.3, 0.4) is 0 Å². The largest absolute Gasteiger partial charge is 0.316 e. The number of nitrogens with one attached hydrogen (secondary N) is 1. The number of aryl methyl sites for hydroxylation is 3. The molecule has 1 heterocycles. The van der Waals surface area contributed by atoms with Crippen LogP contribution in [0.4, 0.5) is 5.69 Å². The summed E-state index contributed by atoms with van der Waals surface area (Å²) in [5, 5.41) is 4.98. The first kappa shape index (κ1) is 28.4. The van der Waals surface area contributed by atoms with Crippen LogP contribution in [0.15, 0.2) is 82.8 Å². The zero-order valence-electron chi connectivity index (χ0n) is 21.9. The lowest BCUT2D eigenvalue weighted by molar-refractivity contribution is -0.119. The van der Waals surface area contributed by atoms with E-state index in [2.05, 4.69) is 10.5 Å². The number of hydrazone groups is 1. The van der Waals surface area contributed by atoms with E-state index in [1.54, 1.807) is 36.4 Å². The molecule has 1 amide bonds. The van der Waals surface area contributed by atoms with Gasteiger partial charge in [-0.3, -0.25) is 9.10 Å². The van der Waals surface area contributed by atoms with E-state index in [9.17, 15) is 13.2 Å². The first-order chi connectivity index (χ1) is 18.5. The molecule has 0 unspecified atom stereocenters. The summed E-state index contributed by atoms with van der Waals surface area (Å²) in [5.41, 5.74) is 7.88. The van der Waals surface area contributed by atoms with Crippen molar-refractivity contribution in [3.8, 4) is 5.69 Å². The smallest absolute Gasteiger partial charge is 0.264 e. The number of carbonyl (C=O) groups excluding carboxylic acids is 1. The number of halogens is 2. The van der Waals surface area contributed by atoms with E-state index in [1.807, 2.05) is 56.5 Å². The summed E-state index contributed by atoms with van der Waals surface area (Å²) >= 11 is 12.6. The molecule has 0 aliphatic carbocycles. The predicted molar refractivity (Wildman–Crippen MR) is 158 cm³/mol. The minimum atomic E-state index is -4.01. The van der Waals surface area contributed by atoms with Gasteiger partial charge in [-0.25, -0.2) is 13.8 Å². The Morgan fingerprint density at radius 2 is 1.64 bits per heavy atom. The molecule has 0 saturated heterocycles. The van der Waals surface area contributed by atoms with Gasteiger partial charge in [-0.1, -0.05) is 59.1 Å². The van der Waals surface area contributed by atoms with Crippen LogP contribution >= 0.6 is 23.2 Å². The molecule has 39 heavy (non-hydrogen) atoms. The zero-order chi connectivity index (χ0) is 28.3. The highest BCUT2D eigenvalue weighted by Gasteiger charge is 2.27. The van der Waals surface area contributed by atoms with Crippen molar-refractivity contribution in [2.45, 2.75) is 32.6 Å². The third kappa shape index (κ3) is 6.19. The molecular weight excluding hydrogens is 555 g/mol. The average molecular weight is 584 g/mol. The van der Waals surface area contributed by atoms with Crippen molar-refractivity contribution >= 4 is 51.0 Å². The normalized spacial score (nSPS) is 11.6. The minimum Gasteiger partial charge on any atom is -0.316 e. The second-order valence-corrected chi connectivity index (χ2v) is 11.8. The summed E-state index contributed by atoms with van der Waals surface area (Å²) in [6.45, 7) is 7.11. The minimum absolute atomic E-state index is 0.0954. The van der Waals surface area contributed by atoms with Gasteiger partial charge in [0, 0.05) is 17.0 Å². The molecule has 3 aromatic carbocycles. The van der Waals surface area contributed by atoms with Crippen molar-refractivity contribution in [3.63, 3.8) is 0 Å². The molecule has 7 nitrogen and oxygen atoms in total. The van der Waals surface area contributed by atoms with E-state index in [4.69, 9.17) is 23.2 Å². The highest BCUT2D eigenvalue weighted by atomic mass is 35.5.